The van der Waals surface area contributed by atoms with E-state index in [0.717, 1.165) is 33.4 Å². The van der Waals surface area contributed by atoms with Crippen LogP contribution in [-0.2, 0) is 131 Å². The summed E-state index contributed by atoms with van der Waals surface area (Å²) in [5.41, 5.74) is 12.8. The predicted molar refractivity (Wildman–Crippen MR) is 216 cm³/mol. The van der Waals surface area contributed by atoms with Crippen molar-refractivity contribution in [3.63, 3.8) is 0 Å². The van der Waals surface area contributed by atoms with E-state index in [0.29, 0.717) is 0 Å². The maximum absolute atomic E-state index is 3.95. The number of hydrogen-bond acceptors (Lipinski definition) is 2. The molecule has 4 aromatic rings. The van der Waals surface area contributed by atoms with Gasteiger partial charge in [0, 0.05) is 156 Å². The van der Waals surface area contributed by atoms with Crippen LogP contribution in [-0.4, -0.2) is 9.97 Å². The van der Waals surface area contributed by atoms with Crippen LogP contribution in [0.25, 0.3) is 22.3 Å². The predicted octanol–water partition coefficient (Wildman–Crippen LogP) is 13.7. The molecule has 264 valence electrons. The molecule has 0 bridgehead atoms. The first-order chi connectivity index (χ1) is 19.7. The van der Waals surface area contributed by atoms with Gasteiger partial charge in [-0.25, -0.2) is 0 Å². The molecule has 4 radical (unpaired) electrons. The Labute approximate surface area is 411 Å². The van der Waals surface area contributed by atoms with Gasteiger partial charge in [-0.05, 0) is 101 Å². The van der Waals surface area contributed by atoms with E-state index in [2.05, 4.69) is 105 Å². The molecule has 0 saturated carbocycles. The van der Waals surface area contributed by atoms with E-state index in [1.807, 2.05) is 78.2 Å². The van der Waals surface area contributed by atoms with Gasteiger partial charge >= 0.3 is 0 Å². The summed E-state index contributed by atoms with van der Waals surface area (Å²) in [7, 11) is 0. The van der Waals surface area contributed by atoms with Gasteiger partial charge in [0.15, 0.2) is 0 Å². The smallest absolute Gasteiger partial charge is 0.0342 e. The summed E-state index contributed by atoms with van der Waals surface area (Å²) in [6.45, 7) is 34.9. The van der Waals surface area contributed by atoms with Crippen LogP contribution in [0.15, 0.2) is 136 Å². The zero-order valence-electron chi connectivity index (χ0n) is 33.5. The van der Waals surface area contributed by atoms with E-state index in [1.54, 1.807) is 12.4 Å². The van der Waals surface area contributed by atoms with Crippen LogP contribution < -0.4 is 0 Å². The fourth-order valence-electron chi connectivity index (χ4n) is 2.98. The second-order valence-electron chi connectivity index (χ2n) is 10.5. The van der Waals surface area contributed by atoms with Gasteiger partial charge in [-0.1, -0.05) is 115 Å². The quantitative estimate of drug-likeness (QED) is 0.150. The topological polar surface area (TPSA) is 25.8 Å². The van der Waals surface area contributed by atoms with Crippen LogP contribution in [0.2, 0.25) is 0 Å². The number of rotatable bonds is 4. The van der Waals surface area contributed by atoms with Crippen molar-refractivity contribution in [2.45, 2.75) is 55.4 Å². The van der Waals surface area contributed by atoms with Crippen molar-refractivity contribution in [3.8, 4) is 0 Å². The van der Waals surface area contributed by atoms with Gasteiger partial charge < -0.3 is 29.7 Å². The summed E-state index contributed by atoms with van der Waals surface area (Å²) < 4.78 is 0. The van der Waals surface area contributed by atoms with E-state index in [-0.39, 0.29) is 161 Å². The summed E-state index contributed by atoms with van der Waals surface area (Å²) in [5.74, 6) is 0. The molecule has 2 nitrogen and oxygen atoms in total. The molecular formula is C44H62N2Y4-4. The van der Waals surface area contributed by atoms with Crippen molar-refractivity contribution >= 4 is 22.3 Å². The van der Waals surface area contributed by atoms with Crippen LogP contribution >= 0.6 is 0 Å². The van der Waals surface area contributed by atoms with E-state index in [1.165, 1.54) is 27.8 Å². The van der Waals surface area contributed by atoms with Gasteiger partial charge in [0.1, 0.15) is 0 Å². The molecule has 0 saturated heterocycles. The van der Waals surface area contributed by atoms with Crippen molar-refractivity contribution in [3.05, 3.63) is 199 Å². The SMILES string of the molecule is C=C(C)C.C=C(C)c1ccc(C)cc1.C=C(C)c1cccc(C)c1.C=C(C)c1cccnc1.C=C(C)c1cccnc1.[CH3-].[CH3-].[CH3-].[CH3-].[Y].[Y].[Y].[Y]. The molecule has 6 heteroatoms. The van der Waals surface area contributed by atoms with Crippen molar-refractivity contribution in [1.29, 1.82) is 0 Å². The fourth-order valence-corrected chi connectivity index (χ4v) is 2.98. The second-order valence-corrected chi connectivity index (χ2v) is 10.5. The van der Waals surface area contributed by atoms with Crippen molar-refractivity contribution in [2.24, 2.45) is 0 Å². The Bertz CT molecular complexity index is 1360. The average Bonchev–Trinajstić information content (AvgIpc) is 2.95. The number of aromatic nitrogens is 2. The van der Waals surface area contributed by atoms with Crippen LogP contribution in [0.3, 0.4) is 0 Å². The summed E-state index contributed by atoms with van der Waals surface area (Å²) in [6, 6.07) is 24.6. The molecule has 2 aromatic carbocycles. The summed E-state index contributed by atoms with van der Waals surface area (Å²) in [4.78, 5) is 7.89. The maximum Gasteiger partial charge on any atom is 0.0342 e. The van der Waals surface area contributed by atoms with Crippen molar-refractivity contribution < 1.29 is 131 Å². The van der Waals surface area contributed by atoms with E-state index in [4.69, 9.17) is 0 Å². The molecule has 50 heavy (non-hydrogen) atoms. The summed E-state index contributed by atoms with van der Waals surface area (Å²) in [6.07, 6.45) is 7.13. The number of allylic oxidation sites excluding steroid dienone is 5. The first-order valence-corrected chi connectivity index (χ1v) is 13.9. The first-order valence-electron chi connectivity index (χ1n) is 13.9. The molecule has 0 atom stereocenters. The Kier molecular flexibility index (Phi) is 61.7. The minimum absolute atomic E-state index is 0. The molecule has 0 aliphatic rings. The van der Waals surface area contributed by atoms with E-state index >= 15 is 0 Å². The molecule has 4 rings (SSSR count). The second kappa shape index (κ2) is 43.3. The molecular weight excluding hydrogens is 912 g/mol. The summed E-state index contributed by atoms with van der Waals surface area (Å²) in [5, 5.41) is 0. The van der Waals surface area contributed by atoms with Gasteiger partial charge in [0.25, 0.3) is 0 Å². The molecule has 0 unspecified atom stereocenters. The van der Waals surface area contributed by atoms with Crippen LogP contribution in [0.1, 0.15) is 74.9 Å². The Hall–Kier alpha value is -0.144. The van der Waals surface area contributed by atoms with Gasteiger partial charge in [0.2, 0.25) is 0 Å². The summed E-state index contributed by atoms with van der Waals surface area (Å²) >= 11 is 0. The number of nitrogens with zero attached hydrogens (tertiary/aromatic N) is 2. The fraction of sp³-hybridized carbons (Fsp3) is 0.182. The van der Waals surface area contributed by atoms with E-state index < -0.39 is 0 Å². The van der Waals surface area contributed by atoms with Crippen LogP contribution in [0.5, 0.6) is 0 Å². The Balaban J connectivity index is -0.0000000588. The van der Waals surface area contributed by atoms with Crippen LogP contribution in [0, 0.1) is 43.6 Å². The molecule has 0 amide bonds. The minimum Gasteiger partial charge on any atom is -0.358 e. The third kappa shape index (κ3) is 39.1. The monoisotopic (exact) mass is 974 g/mol. The maximum atomic E-state index is 3.95. The third-order valence-corrected chi connectivity index (χ3v) is 5.36. The van der Waals surface area contributed by atoms with Gasteiger partial charge in [-0.15, -0.1) is 6.58 Å². The largest absolute Gasteiger partial charge is 0.358 e. The van der Waals surface area contributed by atoms with Crippen molar-refractivity contribution in [1.82, 2.24) is 9.97 Å². The zero-order chi connectivity index (χ0) is 32.1. The minimum atomic E-state index is 0. The standard InChI is InChI=1S/2C10H12.2C8H9N.C4H8.4CH3.4Y/c1-8(2)10-6-4-9(3)5-7-10;1-8(2)10-6-4-5-9(3)7-10;2*1-7(2)8-4-3-5-9-6-8;1-4(2)3;;;;;;;;/h2*4-7H,1H2,2-3H3;2*3-6H,1H2,2H3;1H2,2-3H3;4*1H3;;;;/q;;;;;4*-1;;;;. The normalized spacial score (nSPS) is 7.52. The molecule has 0 spiro atoms. The van der Waals surface area contributed by atoms with Gasteiger partial charge in [-0.3, -0.25) is 9.97 Å². The average molecular weight is 975 g/mol. The number of pyridine rings is 2. The zero-order valence-corrected chi connectivity index (χ0v) is 44.8. The first kappa shape index (κ1) is 71.3. The number of hydrogen-bond donors (Lipinski definition) is 0. The Morgan fingerprint density at radius 1 is 0.420 bits per heavy atom. The Morgan fingerprint density at radius 3 is 0.960 bits per heavy atom. The molecule has 2 heterocycles. The number of benzene rings is 2. The number of aryl methyl sites for hydroxylation is 2. The third-order valence-electron chi connectivity index (χ3n) is 5.36. The van der Waals surface area contributed by atoms with Crippen LogP contribution in [0.4, 0.5) is 0 Å². The Morgan fingerprint density at radius 2 is 0.740 bits per heavy atom. The molecule has 2 aromatic heterocycles. The molecule has 0 aliphatic heterocycles. The molecule has 0 aliphatic carbocycles. The molecule has 0 N–H and O–H groups in total. The van der Waals surface area contributed by atoms with Crippen molar-refractivity contribution in [2.75, 3.05) is 0 Å². The van der Waals surface area contributed by atoms with E-state index in [9.17, 15) is 0 Å². The van der Waals surface area contributed by atoms with Gasteiger partial charge in [0.05, 0.1) is 0 Å². The molecule has 0 fully saturated rings. The van der Waals surface area contributed by atoms with Gasteiger partial charge in [-0.2, -0.15) is 0 Å².